The molecule has 0 rings (SSSR count). The summed E-state index contributed by atoms with van der Waals surface area (Å²) in [5.41, 5.74) is 5.19. The predicted molar refractivity (Wildman–Crippen MR) is 70.4 cm³/mol. The van der Waals surface area contributed by atoms with Gasteiger partial charge in [0.15, 0.2) is 0 Å². The van der Waals surface area contributed by atoms with E-state index in [4.69, 9.17) is 5.73 Å². The second-order valence-electron chi connectivity index (χ2n) is 3.18. The first-order chi connectivity index (χ1) is 7.47. The summed E-state index contributed by atoms with van der Waals surface area (Å²) >= 11 is 6.27. The molecule has 7 heteroatoms. The topological polar surface area (TPSA) is 84.2 Å². The number of carbonyl (C=O) groups is 2. The standard InChI is InChI=1S/C9H17N3O2S2/c1-3-16-5-6(2)12-9(14)8(13)11-4-7(10)15/h6H,3-5H2,1-2H3,(H2,10,15)(H,11,13)(H,12,14). The molecule has 0 aromatic carbocycles. The Morgan fingerprint density at radius 1 is 1.44 bits per heavy atom. The molecule has 0 aromatic rings. The van der Waals surface area contributed by atoms with Crippen molar-refractivity contribution in [3.05, 3.63) is 0 Å². The molecule has 0 fully saturated rings. The van der Waals surface area contributed by atoms with Crippen LogP contribution in [-0.4, -0.2) is 40.9 Å². The Morgan fingerprint density at radius 3 is 2.56 bits per heavy atom. The molecule has 1 unspecified atom stereocenters. The molecular weight excluding hydrogens is 246 g/mol. The zero-order valence-corrected chi connectivity index (χ0v) is 11.0. The molecule has 0 aromatic heterocycles. The van der Waals surface area contributed by atoms with E-state index in [0.29, 0.717) is 0 Å². The quantitative estimate of drug-likeness (QED) is 0.450. The van der Waals surface area contributed by atoms with Crippen LogP contribution in [0.15, 0.2) is 0 Å². The highest BCUT2D eigenvalue weighted by atomic mass is 32.2. The molecule has 1 atom stereocenters. The fourth-order valence-electron chi connectivity index (χ4n) is 0.873. The fourth-order valence-corrected chi connectivity index (χ4v) is 1.62. The number of amides is 2. The van der Waals surface area contributed by atoms with Crippen molar-refractivity contribution in [2.75, 3.05) is 18.1 Å². The van der Waals surface area contributed by atoms with Gasteiger partial charge in [0.05, 0.1) is 11.5 Å². The molecule has 0 aliphatic carbocycles. The largest absolute Gasteiger partial charge is 0.392 e. The number of carbonyl (C=O) groups excluding carboxylic acids is 2. The van der Waals surface area contributed by atoms with Gasteiger partial charge in [-0.2, -0.15) is 11.8 Å². The van der Waals surface area contributed by atoms with Gasteiger partial charge in [0.1, 0.15) is 0 Å². The molecule has 0 radical (unpaired) electrons. The lowest BCUT2D eigenvalue weighted by atomic mass is 10.4. The summed E-state index contributed by atoms with van der Waals surface area (Å²) in [6, 6.07) is -0.0342. The second-order valence-corrected chi connectivity index (χ2v) is 5.03. The minimum atomic E-state index is -0.707. The normalized spacial score (nSPS) is 11.6. The Morgan fingerprint density at radius 2 is 2.06 bits per heavy atom. The molecule has 0 heterocycles. The summed E-state index contributed by atoms with van der Waals surface area (Å²) in [4.78, 5) is 22.7. The van der Waals surface area contributed by atoms with Crippen molar-refractivity contribution in [3.8, 4) is 0 Å². The van der Waals surface area contributed by atoms with Crippen molar-refractivity contribution < 1.29 is 9.59 Å². The molecule has 92 valence electrons. The molecule has 0 saturated heterocycles. The summed E-state index contributed by atoms with van der Waals surface area (Å²) in [5, 5.41) is 4.90. The Labute approximate surface area is 105 Å². The summed E-state index contributed by atoms with van der Waals surface area (Å²) in [6.45, 7) is 3.93. The van der Waals surface area contributed by atoms with Gasteiger partial charge >= 0.3 is 11.8 Å². The molecule has 4 N–H and O–H groups in total. The van der Waals surface area contributed by atoms with Crippen molar-refractivity contribution in [3.63, 3.8) is 0 Å². The number of hydrogen-bond donors (Lipinski definition) is 3. The number of thioether (sulfide) groups is 1. The minimum Gasteiger partial charge on any atom is -0.392 e. The van der Waals surface area contributed by atoms with Gasteiger partial charge < -0.3 is 16.4 Å². The maximum Gasteiger partial charge on any atom is 0.309 e. The average molecular weight is 263 g/mol. The number of nitrogens with two attached hydrogens (primary N) is 1. The van der Waals surface area contributed by atoms with E-state index < -0.39 is 11.8 Å². The van der Waals surface area contributed by atoms with Crippen molar-refractivity contribution in [1.29, 1.82) is 0 Å². The van der Waals surface area contributed by atoms with Gasteiger partial charge in [0.2, 0.25) is 0 Å². The second kappa shape index (κ2) is 8.35. The van der Waals surface area contributed by atoms with Crippen LogP contribution < -0.4 is 16.4 Å². The van der Waals surface area contributed by atoms with Crippen LogP contribution in [0.3, 0.4) is 0 Å². The van der Waals surface area contributed by atoms with Crippen LogP contribution in [0.5, 0.6) is 0 Å². The average Bonchev–Trinajstić information content (AvgIpc) is 2.22. The van der Waals surface area contributed by atoms with E-state index >= 15 is 0 Å². The molecule has 2 amide bonds. The zero-order valence-electron chi connectivity index (χ0n) is 9.41. The highest BCUT2D eigenvalue weighted by molar-refractivity contribution is 7.99. The van der Waals surface area contributed by atoms with Crippen molar-refractivity contribution in [1.82, 2.24) is 10.6 Å². The number of thiocarbonyl (C=S) groups is 1. The van der Waals surface area contributed by atoms with E-state index in [2.05, 4.69) is 22.9 Å². The van der Waals surface area contributed by atoms with Gasteiger partial charge in [-0.25, -0.2) is 0 Å². The predicted octanol–water partition coefficient (Wildman–Crippen LogP) is -0.353. The first kappa shape index (κ1) is 15.2. The highest BCUT2D eigenvalue weighted by Crippen LogP contribution is 2.00. The summed E-state index contributed by atoms with van der Waals surface area (Å²) < 4.78 is 0. The third-order valence-electron chi connectivity index (χ3n) is 1.58. The zero-order chi connectivity index (χ0) is 12.6. The maximum absolute atomic E-state index is 11.3. The fraction of sp³-hybridized carbons (Fsp3) is 0.667. The smallest absolute Gasteiger partial charge is 0.309 e. The third-order valence-corrected chi connectivity index (χ3v) is 2.87. The van der Waals surface area contributed by atoms with Gasteiger partial charge in [-0.05, 0) is 12.7 Å². The van der Waals surface area contributed by atoms with Gasteiger partial charge in [-0.15, -0.1) is 0 Å². The highest BCUT2D eigenvalue weighted by Gasteiger charge is 2.15. The summed E-state index contributed by atoms with van der Waals surface area (Å²) in [5.74, 6) is 0.403. The Bertz CT molecular complexity index is 271. The van der Waals surface area contributed by atoms with Crippen LogP contribution >= 0.6 is 24.0 Å². The summed E-state index contributed by atoms with van der Waals surface area (Å²) in [6.07, 6.45) is 0. The lowest BCUT2D eigenvalue weighted by molar-refractivity contribution is -0.139. The molecule has 0 saturated carbocycles. The monoisotopic (exact) mass is 263 g/mol. The Hall–Kier alpha value is -0.820. The van der Waals surface area contributed by atoms with Crippen LogP contribution in [0.4, 0.5) is 0 Å². The van der Waals surface area contributed by atoms with Crippen LogP contribution in [0.2, 0.25) is 0 Å². The van der Waals surface area contributed by atoms with Gasteiger partial charge in [0, 0.05) is 11.8 Å². The van der Waals surface area contributed by atoms with Crippen LogP contribution in [-0.2, 0) is 9.59 Å². The first-order valence-electron chi connectivity index (χ1n) is 4.92. The molecule has 0 bridgehead atoms. The SMILES string of the molecule is CCSCC(C)NC(=O)C(=O)NCC(N)=S. The van der Waals surface area contributed by atoms with Crippen LogP contribution in [0, 0.1) is 0 Å². The molecule has 16 heavy (non-hydrogen) atoms. The van der Waals surface area contributed by atoms with Gasteiger partial charge in [-0.3, -0.25) is 9.59 Å². The number of rotatable bonds is 6. The van der Waals surface area contributed by atoms with Crippen LogP contribution in [0.25, 0.3) is 0 Å². The molecule has 0 spiro atoms. The minimum absolute atomic E-state index is 0.0342. The molecule has 5 nitrogen and oxygen atoms in total. The van der Waals surface area contributed by atoms with E-state index in [9.17, 15) is 9.59 Å². The molecule has 0 aliphatic rings. The molecule has 0 aliphatic heterocycles. The number of hydrogen-bond acceptors (Lipinski definition) is 4. The van der Waals surface area contributed by atoms with E-state index in [0.717, 1.165) is 11.5 Å². The lowest BCUT2D eigenvalue weighted by Gasteiger charge is -2.12. The Kier molecular flexibility index (Phi) is 7.92. The van der Waals surface area contributed by atoms with Gasteiger partial charge in [-0.1, -0.05) is 19.1 Å². The first-order valence-corrected chi connectivity index (χ1v) is 6.48. The van der Waals surface area contributed by atoms with E-state index in [1.165, 1.54) is 0 Å². The maximum atomic E-state index is 11.3. The van der Waals surface area contributed by atoms with E-state index in [1.807, 2.05) is 13.8 Å². The van der Waals surface area contributed by atoms with E-state index in [1.54, 1.807) is 11.8 Å². The summed E-state index contributed by atoms with van der Waals surface area (Å²) in [7, 11) is 0. The van der Waals surface area contributed by atoms with Crippen molar-refractivity contribution >= 4 is 40.8 Å². The third kappa shape index (κ3) is 7.47. The van der Waals surface area contributed by atoms with Crippen molar-refractivity contribution in [2.45, 2.75) is 19.9 Å². The molecular formula is C9H17N3O2S2. The van der Waals surface area contributed by atoms with Crippen LogP contribution in [0.1, 0.15) is 13.8 Å². The Balaban J connectivity index is 3.86. The van der Waals surface area contributed by atoms with E-state index in [-0.39, 0.29) is 17.6 Å². The van der Waals surface area contributed by atoms with Gasteiger partial charge in [0.25, 0.3) is 0 Å². The number of nitrogens with one attached hydrogen (secondary N) is 2. The lowest BCUT2D eigenvalue weighted by Crippen LogP contribution is -2.46. The van der Waals surface area contributed by atoms with Crippen molar-refractivity contribution in [2.24, 2.45) is 5.73 Å².